The van der Waals surface area contributed by atoms with Crippen LogP contribution in [-0.4, -0.2) is 35.4 Å². The van der Waals surface area contributed by atoms with Crippen LogP contribution in [0.4, 0.5) is 5.82 Å². The van der Waals surface area contributed by atoms with Gasteiger partial charge in [-0.25, -0.2) is 28.5 Å². The second kappa shape index (κ2) is 8.21. The van der Waals surface area contributed by atoms with Gasteiger partial charge in [0.1, 0.15) is 11.5 Å². The smallest absolute Gasteiger partial charge is 0.238 e. The molecule has 4 rings (SSSR count). The van der Waals surface area contributed by atoms with Crippen molar-refractivity contribution in [2.75, 3.05) is 12.4 Å². The van der Waals surface area contributed by atoms with E-state index in [0.717, 1.165) is 16.8 Å². The topological polar surface area (TPSA) is 124 Å². The van der Waals surface area contributed by atoms with E-state index in [2.05, 4.69) is 25.3 Å². The third-order valence-electron chi connectivity index (χ3n) is 4.63. The number of benzene rings is 1. The average molecular weight is 433 g/mol. The molecule has 0 aliphatic rings. The molecule has 0 unspecified atom stereocenters. The van der Waals surface area contributed by atoms with Crippen LogP contribution in [0, 0.1) is 6.92 Å². The number of anilines is 1. The molecule has 0 saturated carbocycles. The number of nitrogens with zero attached hydrogens (tertiary/aromatic N) is 4. The van der Waals surface area contributed by atoms with Crippen LogP contribution in [0.5, 0.6) is 0 Å². The molecule has 0 bridgehead atoms. The maximum atomic E-state index is 11.7. The van der Waals surface area contributed by atoms with Gasteiger partial charge >= 0.3 is 0 Å². The molecule has 0 radical (unpaired) electrons. The normalized spacial score (nSPS) is 11.3. The first-order chi connectivity index (χ1) is 14.8. The average Bonchev–Trinajstić information content (AvgIpc) is 2.78. The second-order valence-electron chi connectivity index (χ2n) is 6.91. The minimum absolute atomic E-state index is 0.0442. The molecule has 31 heavy (non-hydrogen) atoms. The molecule has 8 nitrogen and oxygen atoms in total. The zero-order valence-electron chi connectivity index (χ0n) is 16.9. The minimum atomic E-state index is -3.80. The fraction of sp³-hybridized carbons (Fsp3) is 0.0909. The van der Waals surface area contributed by atoms with E-state index in [1.165, 1.54) is 12.1 Å². The SMILES string of the molecule is CNc1cc(-c2cncc(-c3cccc(S(N)(=O)=O)c3)c2)nc(-c2cccc(C)n2)n1. The van der Waals surface area contributed by atoms with Gasteiger partial charge in [0, 0.05) is 42.3 Å². The summed E-state index contributed by atoms with van der Waals surface area (Å²) in [6, 6.07) is 15.8. The lowest BCUT2D eigenvalue weighted by Crippen LogP contribution is -2.11. The van der Waals surface area contributed by atoms with Crippen LogP contribution in [0.2, 0.25) is 0 Å². The fourth-order valence-corrected chi connectivity index (χ4v) is 3.66. The molecule has 0 amide bonds. The van der Waals surface area contributed by atoms with Gasteiger partial charge in [0.2, 0.25) is 10.0 Å². The first-order valence-corrected chi connectivity index (χ1v) is 11.0. The Bertz CT molecular complexity index is 1370. The Morgan fingerprint density at radius 2 is 1.61 bits per heavy atom. The summed E-state index contributed by atoms with van der Waals surface area (Å²) in [4.78, 5) is 18.1. The van der Waals surface area contributed by atoms with E-state index in [9.17, 15) is 8.42 Å². The van der Waals surface area contributed by atoms with Gasteiger partial charge in [-0.05, 0) is 42.8 Å². The van der Waals surface area contributed by atoms with Gasteiger partial charge in [0.05, 0.1) is 10.6 Å². The van der Waals surface area contributed by atoms with Gasteiger partial charge in [-0.3, -0.25) is 4.98 Å². The monoisotopic (exact) mass is 432 g/mol. The van der Waals surface area contributed by atoms with Gasteiger partial charge in [0.15, 0.2) is 5.82 Å². The van der Waals surface area contributed by atoms with Crippen LogP contribution in [0.25, 0.3) is 33.9 Å². The third-order valence-corrected chi connectivity index (χ3v) is 5.54. The zero-order chi connectivity index (χ0) is 22.0. The number of pyridine rings is 2. The molecule has 0 aliphatic carbocycles. The maximum absolute atomic E-state index is 11.7. The molecular formula is C22H20N6O2S. The summed E-state index contributed by atoms with van der Waals surface area (Å²) in [6.07, 6.45) is 3.36. The zero-order valence-corrected chi connectivity index (χ0v) is 17.8. The quantitative estimate of drug-likeness (QED) is 0.496. The van der Waals surface area contributed by atoms with E-state index in [4.69, 9.17) is 5.14 Å². The van der Waals surface area contributed by atoms with Crippen molar-refractivity contribution in [2.45, 2.75) is 11.8 Å². The molecule has 0 atom stereocenters. The Hall–Kier alpha value is -3.69. The molecule has 9 heteroatoms. The summed E-state index contributed by atoms with van der Waals surface area (Å²) in [7, 11) is -2.02. The Labute approximate surface area is 180 Å². The van der Waals surface area contributed by atoms with Gasteiger partial charge < -0.3 is 5.32 Å². The number of aryl methyl sites for hydroxylation is 1. The highest BCUT2D eigenvalue weighted by Gasteiger charge is 2.12. The molecule has 4 aromatic rings. The van der Waals surface area contributed by atoms with Crippen molar-refractivity contribution in [2.24, 2.45) is 5.14 Å². The molecule has 1 aromatic carbocycles. The van der Waals surface area contributed by atoms with E-state index >= 15 is 0 Å². The summed E-state index contributed by atoms with van der Waals surface area (Å²) in [6.45, 7) is 1.91. The highest BCUT2D eigenvalue weighted by Crippen LogP contribution is 2.28. The Morgan fingerprint density at radius 1 is 0.839 bits per heavy atom. The lowest BCUT2D eigenvalue weighted by molar-refractivity contribution is 0.598. The van der Waals surface area contributed by atoms with Gasteiger partial charge in [-0.2, -0.15) is 0 Å². The van der Waals surface area contributed by atoms with E-state index in [1.807, 2.05) is 37.3 Å². The summed E-state index contributed by atoms with van der Waals surface area (Å²) in [5.41, 5.74) is 4.38. The van der Waals surface area contributed by atoms with Crippen LogP contribution < -0.4 is 10.5 Å². The highest BCUT2D eigenvalue weighted by molar-refractivity contribution is 7.89. The Morgan fingerprint density at radius 3 is 2.35 bits per heavy atom. The largest absolute Gasteiger partial charge is 0.373 e. The van der Waals surface area contributed by atoms with Crippen LogP contribution >= 0.6 is 0 Å². The summed E-state index contributed by atoms with van der Waals surface area (Å²) in [5, 5.41) is 8.32. The number of nitrogens with one attached hydrogen (secondary N) is 1. The summed E-state index contributed by atoms with van der Waals surface area (Å²) >= 11 is 0. The van der Waals surface area contributed by atoms with Crippen LogP contribution in [0.3, 0.4) is 0 Å². The van der Waals surface area contributed by atoms with E-state index in [0.29, 0.717) is 28.6 Å². The van der Waals surface area contributed by atoms with Gasteiger partial charge in [-0.15, -0.1) is 0 Å². The fourth-order valence-electron chi connectivity index (χ4n) is 3.10. The lowest BCUT2D eigenvalue weighted by atomic mass is 10.0. The van der Waals surface area contributed by atoms with E-state index < -0.39 is 10.0 Å². The van der Waals surface area contributed by atoms with E-state index in [1.54, 1.807) is 31.6 Å². The van der Waals surface area contributed by atoms with Gasteiger partial charge in [-0.1, -0.05) is 18.2 Å². The molecule has 0 spiro atoms. The Kier molecular flexibility index (Phi) is 5.45. The molecular weight excluding hydrogens is 412 g/mol. The number of rotatable bonds is 5. The van der Waals surface area contributed by atoms with Crippen molar-refractivity contribution >= 4 is 15.8 Å². The number of hydrogen-bond acceptors (Lipinski definition) is 7. The van der Waals surface area contributed by atoms with Crippen LogP contribution in [-0.2, 0) is 10.0 Å². The van der Waals surface area contributed by atoms with Crippen molar-refractivity contribution in [3.63, 3.8) is 0 Å². The molecule has 156 valence electrons. The molecule has 3 heterocycles. The van der Waals surface area contributed by atoms with E-state index in [-0.39, 0.29) is 4.90 Å². The molecule has 0 aliphatic heterocycles. The number of primary sulfonamides is 1. The van der Waals surface area contributed by atoms with Crippen LogP contribution in [0.15, 0.2) is 71.9 Å². The predicted octanol–water partition coefficient (Wildman–Crippen LogP) is 3.27. The second-order valence-corrected chi connectivity index (χ2v) is 8.47. The lowest BCUT2D eigenvalue weighted by Gasteiger charge is -2.10. The molecule has 3 N–H and O–H groups in total. The summed E-state index contributed by atoms with van der Waals surface area (Å²) < 4.78 is 23.4. The summed E-state index contributed by atoms with van der Waals surface area (Å²) in [5.74, 6) is 1.14. The van der Waals surface area contributed by atoms with Crippen molar-refractivity contribution < 1.29 is 8.42 Å². The third kappa shape index (κ3) is 4.57. The molecule has 0 fully saturated rings. The predicted molar refractivity (Wildman–Crippen MR) is 120 cm³/mol. The minimum Gasteiger partial charge on any atom is -0.373 e. The van der Waals surface area contributed by atoms with Crippen molar-refractivity contribution in [1.82, 2.24) is 19.9 Å². The molecule has 3 aromatic heterocycles. The molecule has 0 saturated heterocycles. The number of sulfonamides is 1. The number of hydrogen-bond donors (Lipinski definition) is 2. The Balaban J connectivity index is 1.80. The van der Waals surface area contributed by atoms with Crippen molar-refractivity contribution in [3.8, 4) is 33.9 Å². The first kappa shape index (κ1) is 20.6. The standard InChI is InChI=1S/C22H20N6O2S/c1-14-5-3-8-19(26-14)22-27-20(11-21(24-2)28-22)17-9-16(12-25-13-17)15-6-4-7-18(10-15)31(23,29)30/h3-13H,1-2H3,(H2,23,29,30)(H,24,27,28). The number of nitrogens with two attached hydrogens (primary N) is 1. The highest BCUT2D eigenvalue weighted by atomic mass is 32.2. The number of aromatic nitrogens is 4. The maximum Gasteiger partial charge on any atom is 0.238 e. The van der Waals surface area contributed by atoms with Crippen molar-refractivity contribution in [3.05, 3.63) is 72.7 Å². The first-order valence-electron chi connectivity index (χ1n) is 9.43. The van der Waals surface area contributed by atoms with Crippen LogP contribution in [0.1, 0.15) is 5.69 Å². The van der Waals surface area contributed by atoms with Crippen molar-refractivity contribution in [1.29, 1.82) is 0 Å². The van der Waals surface area contributed by atoms with Gasteiger partial charge in [0.25, 0.3) is 0 Å².